The highest BCUT2D eigenvalue weighted by atomic mass is 32.2. The molecule has 0 spiro atoms. The molecule has 112 valence electrons. The molecular weight excluding hydrogens is 266 g/mol. The van der Waals surface area contributed by atoms with Crippen molar-refractivity contribution in [2.24, 2.45) is 11.8 Å². The van der Waals surface area contributed by atoms with E-state index in [1.165, 1.54) is 11.1 Å². The van der Waals surface area contributed by atoms with E-state index in [1.807, 2.05) is 0 Å². The topological polar surface area (TPSA) is 29.1 Å². The number of amides is 1. The van der Waals surface area contributed by atoms with Gasteiger partial charge >= 0.3 is 0 Å². The summed E-state index contributed by atoms with van der Waals surface area (Å²) in [5.41, 5.74) is 2.55. The van der Waals surface area contributed by atoms with Crippen LogP contribution in [0.3, 0.4) is 0 Å². The van der Waals surface area contributed by atoms with Gasteiger partial charge in [-0.25, -0.2) is 0 Å². The Morgan fingerprint density at radius 3 is 2.40 bits per heavy atom. The van der Waals surface area contributed by atoms with E-state index in [0.717, 1.165) is 5.75 Å². The van der Waals surface area contributed by atoms with Crippen LogP contribution in [0.15, 0.2) is 24.3 Å². The number of thioether (sulfide) groups is 1. The van der Waals surface area contributed by atoms with Gasteiger partial charge in [0, 0.05) is 11.8 Å². The Labute approximate surface area is 127 Å². The van der Waals surface area contributed by atoms with E-state index in [0.29, 0.717) is 17.6 Å². The molecule has 0 aliphatic rings. The second-order valence-electron chi connectivity index (χ2n) is 6.06. The number of aryl methyl sites for hydroxylation is 1. The van der Waals surface area contributed by atoms with E-state index in [9.17, 15) is 4.79 Å². The fraction of sp³-hybridized carbons (Fsp3) is 0.588. The van der Waals surface area contributed by atoms with Crippen LogP contribution in [-0.2, 0) is 10.5 Å². The van der Waals surface area contributed by atoms with Crippen molar-refractivity contribution in [2.45, 2.75) is 46.4 Å². The summed E-state index contributed by atoms with van der Waals surface area (Å²) in [6.45, 7) is 10.7. The second-order valence-corrected chi connectivity index (χ2v) is 7.05. The van der Waals surface area contributed by atoms with Gasteiger partial charge in [0.25, 0.3) is 0 Å². The second kappa shape index (κ2) is 8.35. The summed E-state index contributed by atoms with van der Waals surface area (Å²) in [6.07, 6.45) is 0. The first-order chi connectivity index (χ1) is 9.40. The van der Waals surface area contributed by atoms with Gasteiger partial charge in [-0.05, 0) is 24.3 Å². The van der Waals surface area contributed by atoms with Crippen LogP contribution in [0.25, 0.3) is 0 Å². The fourth-order valence-electron chi connectivity index (χ4n) is 2.39. The Hall–Kier alpha value is -0.960. The predicted octanol–water partition coefficient (Wildman–Crippen LogP) is 4.03. The molecule has 0 heterocycles. The van der Waals surface area contributed by atoms with Crippen molar-refractivity contribution in [1.82, 2.24) is 5.32 Å². The molecule has 3 heteroatoms. The molecule has 0 aliphatic heterocycles. The highest BCUT2D eigenvalue weighted by Gasteiger charge is 2.19. The Balaban J connectivity index is 2.36. The van der Waals surface area contributed by atoms with Crippen LogP contribution in [-0.4, -0.2) is 17.7 Å². The Bertz CT molecular complexity index is 421. The molecule has 1 rings (SSSR count). The molecule has 0 atom stereocenters. The first-order valence-electron chi connectivity index (χ1n) is 7.32. The third-order valence-electron chi connectivity index (χ3n) is 3.35. The highest BCUT2D eigenvalue weighted by Crippen LogP contribution is 2.15. The zero-order chi connectivity index (χ0) is 15.1. The van der Waals surface area contributed by atoms with Gasteiger partial charge in [-0.2, -0.15) is 0 Å². The summed E-state index contributed by atoms with van der Waals surface area (Å²) in [5.74, 6) is 2.52. The van der Waals surface area contributed by atoms with Crippen molar-refractivity contribution >= 4 is 17.7 Å². The molecule has 1 aromatic rings. The molecular formula is C17H27NOS. The zero-order valence-electron chi connectivity index (χ0n) is 13.3. The largest absolute Gasteiger partial charge is 0.352 e. The van der Waals surface area contributed by atoms with Gasteiger partial charge in [0.15, 0.2) is 0 Å². The Morgan fingerprint density at radius 1 is 1.20 bits per heavy atom. The summed E-state index contributed by atoms with van der Waals surface area (Å²) in [6, 6.07) is 8.72. The fourth-order valence-corrected chi connectivity index (χ4v) is 3.18. The zero-order valence-corrected chi connectivity index (χ0v) is 14.1. The van der Waals surface area contributed by atoms with E-state index >= 15 is 0 Å². The summed E-state index contributed by atoms with van der Waals surface area (Å²) >= 11 is 1.68. The molecule has 0 saturated heterocycles. The Morgan fingerprint density at radius 2 is 1.85 bits per heavy atom. The number of hydrogen-bond acceptors (Lipinski definition) is 2. The van der Waals surface area contributed by atoms with Gasteiger partial charge in [-0.3, -0.25) is 4.79 Å². The molecule has 20 heavy (non-hydrogen) atoms. The van der Waals surface area contributed by atoms with E-state index in [2.05, 4.69) is 64.2 Å². The summed E-state index contributed by atoms with van der Waals surface area (Å²) in [5, 5.41) is 3.15. The van der Waals surface area contributed by atoms with Gasteiger partial charge in [-0.1, -0.05) is 57.5 Å². The monoisotopic (exact) mass is 293 g/mol. The first-order valence-corrected chi connectivity index (χ1v) is 8.48. The van der Waals surface area contributed by atoms with Crippen molar-refractivity contribution in [2.75, 3.05) is 5.75 Å². The van der Waals surface area contributed by atoms with Crippen molar-refractivity contribution < 1.29 is 4.79 Å². The number of carbonyl (C=O) groups excluding carboxylic acids is 1. The lowest BCUT2D eigenvalue weighted by Crippen LogP contribution is -2.43. The number of rotatable bonds is 7. The lowest BCUT2D eigenvalue weighted by molar-refractivity contribution is -0.119. The molecule has 1 aromatic carbocycles. The minimum Gasteiger partial charge on any atom is -0.352 e. The van der Waals surface area contributed by atoms with E-state index in [1.54, 1.807) is 11.8 Å². The average molecular weight is 293 g/mol. The summed E-state index contributed by atoms with van der Waals surface area (Å²) in [7, 11) is 0. The minimum absolute atomic E-state index is 0.148. The van der Waals surface area contributed by atoms with Gasteiger partial charge in [0.05, 0.1) is 5.75 Å². The van der Waals surface area contributed by atoms with Crippen LogP contribution < -0.4 is 5.32 Å². The average Bonchev–Trinajstić information content (AvgIpc) is 2.35. The lowest BCUT2D eigenvalue weighted by atomic mass is 9.93. The molecule has 1 amide bonds. The van der Waals surface area contributed by atoms with E-state index < -0.39 is 0 Å². The van der Waals surface area contributed by atoms with Crippen molar-refractivity contribution in [3.05, 3.63) is 35.4 Å². The smallest absolute Gasteiger partial charge is 0.230 e. The van der Waals surface area contributed by atoms with Gasteiger partial charge in [0.2, 0.25) is 5.91 Å². The number of hydrogen-bond donors (Lipinski definition) is 1. The summed E-state index contributed by atoms with van der Waals surface area (Å²) < 4.78 is 0. The third-order valence-corrected chi connectivity index (χ3v) is 4.35. The minimum atomic E-state index is 0.148. The van der Waals surface area contributed by atoms with Crippen LogP contribution in [0, 0.1) is 18.8 Å². The molecule has 0 aromatic heterocycles. The van der Waals surface area contributed by atoms with Crippen molar-refractivity contribution in [1.29, 1.82) is 0 Å². The van der Waals surface area contributed by atoms with Crippen LogP contribution in [0.5, 0.6) is 0 Å². The number of benzene rings is 1. The van der Waals surface area contributed by atoms with Gasteiger partial charge < -0.3 is 5.32 Å². The van der Waals surface area contributed by atoms with Gasteiger partial charge in [-0.15, -0.1) is 11.8 Å². The Kier molecular flexibility index (Phi) is 7.14. The molecule has 1 N–H and O–H groups in total. The number of carbonyl (C=O) groups is 1. The number of nitrogens with one attached hydrogen (secondary N) is 1. The highest BCUT2D eigenvalue weighted by molar-refractivity contribution is 7.99. The molecule has 0 bridgehead atoms. The van der Waals surface area contributed by atoms with Gasteiger partial charge in [0.1, 0.15) is 0 Å². The standard InChI is InChI=1S/C17H27NOS/c1-12(2)17(13(3)4)18-16(19)11-20-10-15-8-6-7-14(5)9-15/h6-9,12-13,17H,10-11H2,1-5H3,(H,18,19). The van der Waals surface area contributed by atoms with Crippen LogP contribution in [0.2, 0.25) is 0 Å². The maximum absolute atomic E-state index is 12.0. The maximum Gasteiger partial charge on any atom is 0.230 e. The van der Waals surface area contributed by atoms with E-state index in [-0.39, 0.29) is 11.9 Å². The van der Waals surface area contributed by atoms with Crippen molar-refractivity contribution in [3.63, 3.8) is 0 Å². The molecule has 0 saturated carbocycles. The molecule has 0 unspecified atom stereocenters. The molecule has 0 aliphatic carbocycles. The normalized spacial score (nSPS) is 11.4. The molecule has 2 nitrogen and oxygen atoms in total. The van der Waals surface area contributed by atoms with E-state index in [4.69, 9.17) is 0 Å². The molecule has 0 radical (unpaired) electrons. The quantitative estimate of drug-likeness (QED) is 0.822. The first kappa shape index (κ1) is 17.1. The van der Waals surface area contributed by atoms with Crippen molar-refractivity contribution in [3.8, 4) is 0 Å². The summed E-state index contributed by atoms with van der Waals surface area (Å²) in [4.78, 5) is 12.0. The lowest BCUT2D eigenvalue weighted by Gasteiger charge is -2.26. The van der Waals surface area contributed by atoms with Crippen LogP contribution in [0.4, 0.5) is 0 Å². The SMILES string of the molecule is Cc1cccc(CSCC(=O)NC(C(C)C)C(C)C)c1. The van der Waals surface area contributed by atoms with Crippen LogP contribution in [0.1, 0.15) is 38.8 Å². The molecule has 0 fully saturated rings. The predicted molar refractivity (Wildman–Crippen MR) is 88.9 cm³/mol. The maximum atomic E-state index is 12.0. The van der Waals surface area contributed by atoms with Crippen LogP contribution >= 0.6 is 11.8 Å². The third kappa shape index (κ3) is 6.00.